The standard InChI is InChI=1S/C26H35ClN6O3/c1-17-5-10-20-22(30-17)28-16-29-23(20)32-11-13-33(14-12-32)24(34)21(31-25(35)36-26(2,3)4)15-18-6-8-19(27)9-7-18/h6-9,16-17,21H,5,10-15H2,1-4H3,(H,31,35)(H,28,29,30). The Balaban J connectivity index is 1.44. The molecule has 4 rings (SSSR count). The highest BCUT2D eigenvalue weighted by atomic mass is 35.5. The van der Waals surface area contributed by atoms with Crippen molar-refractivity contribution in [2.24, 2.45) is 0 Å². The van der Waals surface area contributed by atoms with Crippen LogP contribution in [0, 0.1) is 0 Å². The smallest absolute Gasteiger partial charge is 0.408 e. The molecule has 36 heavy (non-hydrogen) atoms. The number of benzene rings is 1. The lowest BCUT2D eigenvalue weighted by atomic mass is 10.0. The minimum atomic E-state index is -0.745. The largest absolute Gasteiger partial charge is 0.444 e. The van der Waals surface area contributed by atoms with Crippen LogP contribution in [0.5, 0.6) is 0 Å². The van der Waals surface area contributed by atoms with E-state index in [0.29, 0.717) is 43.7 Å². The number of fused-ring (bicyclic) bond motifs is 1. The number of hydrogen-bond donors (Lipinski definition) is 2. The predicted octanol–water partition coefficient (Wildman–Crippen LogP) is 3.66. The number of amides is 2. The maximum Gasteiger partial charge on any atom is 0.408 e. The number of hydrogen-bond acceptors (Lipinski definition) is 7. The number of nitrogens with zero attached hydrogens (tertiary/aromatic N) is 4. The first-order chi connectivity index (χ1) is 17.1. The van der Waals surface area contributed by atoms with Crippen LogP contribution >= 0.6 is 11.6 Å². The third kappa shape index (κ3) is 6.57. The summed E-state index contributed by atoms with van der Waals surface area (Å²) in [5.74, 6) is 1.72. The third-order valence-corrected chi connectivity index (χ3v) is 6.62. The fraction of sp³-hybridized carbons (Fsp3) is 0.538. The average Bonchev–Trinajstić information content (AvgIpc) is 2.83. The number of carbonyl (C=O) groups excluding carboxylic acids is 2. The van der Waals surface area contributed by atoms with Crippen LogP contribution in [0.25, 0.3) is 0 Å². The summed E-state index contributed by atoms with van der Waals surface area (Å²) < 4.78 is 5.43. The van der Waals surface area contributed by atoms with E-state index in [0.717, 1.165) is 35.6 Å². The Labute approximate surface area is 217 Å². The SMILES string of the molecule is CC1CCc2c(ncnc2N2CCN(C(=O)C(Cc3ccc(Cl)cc3)NC(=O)OC(C)(C)C)CC2)N1. The Bertz CT molecular complexity index is 1080. The third-order valence-electron chi connectivity index (χ3n) is 6.37. The van der Waals surface area contributed by atoms with E-state index in [2.05, 4.69) is 32.4 Å². The second kappa shape index (κ2) is 10.9. The molecule has 2 aromatic rings. The van der Waals surface area contributed by atoms with Crippen LogP contribution in [0.3, 0.4) is 0 Å². The second-order valence-corrected chi connectivity index (χ2v) is 10.9. The van der Waals surface area contributed by atoms with E-state index < -0.39 is 17.7 Å². The van der Waals surface area contributed by atoms with Crippen molar-refractivity contribution in [3.63, 3.8) is 0 Å². The molecule has 9 nitrogen and oxygen atoms in total. The molecule has 2 aliphatic heterocycles. The van der Waals surface area contributed by atoms with Gasteiger partial charge < -0.3 is 25.2 Å². The second-order valence-electron chi connectivity index (χ2n) is 10.5. The number of ether oxygens (including phenoxy) is 1. The fourth-order valence-corrected chi connectivity index (χ4v) is 4.69. The molecule has 2 N–H and O–H groups in total. The van der Waals surface area contributed by atoms with Crippen molar-refractivity contribution in [1.29, 1.82) is 0 Å². The van der Waals surface area contributed by atoms with E-state index in [1.165, 1.54) is 0 Å². The van der Waals surface area contributed by atoms with Gasteiger partial charge in [-0.2, -0.15) is 0 Å². The molecule has 2 amide bonds. The van der Waals surface area contributed by atoms with Crippen LogP contribution < -0.4 is 15.5 Å². The lowest BCUT2D eigenvalue weighted by molar-refractivity contribution is -0.133. The van der Waals surface area contributed by atoms with Gasteiger partial charge in [-0.05, 0) is 58.2 Å². The molecule has 0 radical (unpaired) electrons. The summed E-state index contributed by atoms with van der Waals surface area (Å²) in [6.45, 7) is 9.93. The monoisotopic (exact) mass is 514 g/mol. The van der Waals surface area contributed by atoms with E-state index in [1.807, 2.05) is 17.0 Å². The summed E-state index contributed by atoms with van der Waals surface area (Å²) in [6, 6.07) is 6.94. The maximum atomic E-state index is 13.6. The zero-order valence-corrected chi connectivity index (χ0v) is 22.1. The Morgan fingerprint density at radius 2 is 1.86 bits per heavy atom. The average molecular weight is 515 g/mol. The van der Waals surface area contributed by atoms with Crippen molar-refractivity contribution < 1.29 is 14.3 Å². The molecule has 2 aliphatic rings. The predicted molar refractivity (Wildman–Crippen MR) is 141 cm³/mol. The zero-order valence-electron chi connectivity index (χ0n) is 21.4. The lowest BCUT2D eigenvalue weighted by Gasteiger charge is -2.38. The van der Waals surface area contributed by atoms with E-state index in [1.54, 1.807) is 39.2 Å². The molecular weight excluding hydrogens is 480 g/mol. The molecule has 1 aromatic carbocycles. The van der Waals surface area contributed by atoms with Crippen molar-refractivity contribution in [3.05, 3.63) is 46.7 Å². The molecule has 2 unspecified atom stereocenters. The van der Waals surface area contributed by atoms with Crippen molar-refractivity contribution in [2.75, 3.05) is 36.4 Å². The van der Waals surface area contributed by atoms with Crippen LogP contribution in [0.4, 0.5) is 16.4 Å². The number of rotatable bonds is 5. The van der Waals surface area contributed by atoms with Gasteiger partial charge in [0.05, 0.1) is 0 Å². The summed E-state index contributed by atoms with van der Waals surface area (Å²) in [5.41, 5.74) is 1.39. The molecule has 0 aliphatic carbocycles. The fourth-order valence-electron chi connectivity index (χ4n) is 4.56. The van der Waals surface area contributed by atoms with Gasteiger partial charge in [0.25, 0.3) is 0 Å². The number of piperazine rings is 1. The van der Waals surface area contributed by atoms with Crippen LogP contribution in [0.2, 0.25) is 5.02 Å². The molecule has 0 bridgehead atoms. The van der Waals surface area contributed by atoms with Crippen molar-refractivity contribution in [3.8, 4) is 0 Å². The summed E-state index contributed by atoms with van der Waals surface area (Å²) in [4.78, 5) is 39.1. The minimum absolute atomic E-state index is 0.129. The molecule has 0 spiro atoms. The molecule has 3 heterocycles. The van der Waals surface area contributed by atoms with Crippen molar-refractivity contribution in [1.82, 2.24) is 20.2 Å². The normalized spacial score (nSPS) is 18.6. The van der Waals surface area contributed by atoms with Gasteiger partial charge in [0.2, 0.25) is 5.91 Å². The Morgan fingerprint density at radius 3 is 2.53 bits per heavy atom. The summed E-state index contributed by atoms with van der Waals surface area (Å²) >= 11 is 6.02. The van der Waals surface area contributed by atoms with Gasteiger partial charge in [0.1, 0.15) is 29.6 Å². The summed E-state index contributed by atoms with van der Waals surface area (Å²) in [5, 5.41) is 6.85. The first kappa shape index (κ1) is 26.0. The molecule has 194 valence electrons. The van der Waals surface area contributed by atoms with E-state index in [4.69, 9.17) is 16.3 Å². The van der Waals surface area contributed by atoms with Gasteiger partial charge in [-0.3, -0.25) is 4.79 Å². The van der Waals surface area contributed by atoms with Crippen LogP contribution in [-0.4, -0.2) is 70.7 Å². The zero-order chi connectivity index (χ0) is 25.9. The number of nitrogens with one attached hydrogen (secondary N) is 2. The van der Waals surface area contributed by atoms with Gasteiger partial charge in [0, 0.05) is 49.2 Å². The molecule has 1 saturated heterocycles. The topological polar surface area (TPSA) is 99.7 Å². The van der Waals surface area contributed by atoms with Crippen LogP contribution in [-0.2, 0) is 22.4 Å². The van der Waals surface area contributed by atoms with Crippen LogP contribution in [0.1, 0.15) is 45.2 Å². The highest BCUT2D eigenvalue weighted by molar-refractivity contribution is 6.30. The Morgan fingerprint density at radius 1 is 1.17 bits per heavy atom. The van der Waals surface area contributed by atoms with Gasteiger partial charge in [-0.15, -0.1) is 0 Å². The first-order valence-electron chi connectivity index (χ1n) is 12.5. The number of halogens is 1. The van der Waals surface area contributed by atoms with Gasteiger partial charge in [0.15, 0.2) is 0 Å². The quantitative estimate of drug-likeness (QED) is 0.628. The molecule has 0 saturated carbocycles. The Hall–Kier alpha value is -3.07. The number of aromatic nitrogens is 2. The number of carbonyl (C=O) groups is 2. The summed E-state index contributed by atoms with van der Waals surface area (Å²) in [7, 11) is 0. The minimum Gasteiger partial charge on any atom is -0.444 e. The first-order valence-corrected chi connectivity index (χ1v) is 12.8. The highest BCUT2D eigenvalue weighted by Crippen LogP contribution is 2.30. The summed E-state index contributed by atoms with van der Waals surface area (Å²) in [6.07, 6.45) is 3.31. The Kier molecular flexibility index (Phi) is 7.88. The lowest BCUT2D eigenvalue weighted by Crippen LogP contribution is -2.56. The van der Waals surface area contributed by atoms with Crippen molar-refractivity contribution in [2.45, 2.75) is 64.6 Å². The van der Waals surface area contributed by atoms with E-state index >= 15 is 0 Å². The van der Waals surface area contributed by atoms with Crippen LogP contribution in [0.15, 0.2) is 30.6 Å². The molecule has 10 heteroatoms. The highest BCUT2D eigenvalue weighted by Gasteiger charge is 2.32. The van der Waals surface area contributed by atoms with Crippen molar-refractivity contribution >= 4 is 35.2 Å². The van der Waals surface area contributed by atoms with E-state index in [9.17, 15) is 9.59 Å². The van der Waals surface area contributed by atoms with Gasteiger partial charge in [-0.25, -0.2) is 14.8 Å². The number of anilines is 2. The van der Waals surface area contributed by atoms with Gasteiger partial charge in [-0.1, -0.05) is 23.7 Å². The molecule has 1 aromatic heterocycles. The maximum absolute atomic E-state index is 13.6. The number of alkyl carbamates (subject to hydrolysis) is 1. The van der Waals surface area contributed by atoms with E-state index in [-0.39, 0.29) is 5.91 Å². The molecule has 2 atom stereocenters. The molecular formula is C26H35ClN6O3. The van der Waals surface area contributed by atoms with Gasteiger partial charge >= 0.3 is 6.09 Å². The molecule has 1 fully saturated rings.